The number of aromatic hydroxyl groups is 2. The van der Waals surface area contributed by atoms with Crippen molar-refractivity contribution < 1.29 is 84.9 Å². The molecule has 1 heterocycles. The smallest absolute Gasteiger partial charge is 0.260 e. The fraction of sp³-hybridized carbons (Fsp3) is 0.462. The maximum atomic E-state index is 14.2. The number of carbonyl (C=O) groups excluding carboxylic acids is 6. The number of piperazine rings is 1. The Kier molecular flexibility index (Phi) is 15.1. The number of Topliss-reactive ketones (excluding diaryl/α,β-unsaturated/α-hetero) is 4. The van der Waals surface area contributed by atoms with Gasteiger partial charge in [0.1, 0.15) is 52.4 Å². The second-order valence-corrected chi connectivity index (χ2v) is 22.0. The highest BCUT2D eigenvalue weighted by atomic mass is 35.5. The molecule has 430 valence electrons. The number of nitrogens with two attached hydrogens (primary N) is 2. The number of hydrogen-bond acceptors (Lipinski definition) is 21. The molecule has 0 bridgehead atoms. The summed E-state index contributed by atoms with van der Waals surface area (Å²) in [6.07, 6.45) is -0.510. The number of ketones is 4. The van der Waals surface area contributed by atoms with E-state index in [-0.39, 0.29) is 58.7 Å². The van der Waals surface area contributed by atoms with E-state index in [9.17, 15) is 79.8 Å². The number of amides is 2. The van der Waals surface area contributed by atoms with Gasteiger partial charge in [0, 0.05) is 71.6 Å². The summed E-state index contributed by atoms with van der Waals surface area (Å²) >= 11 is 6.29. The Labute approximate surface area is 461 Å². The summed E-state index contributed by atoms with van der Waals surface area (Å²) < 4.78 is 0. The fourth-order valence-corrected chi connectivity index (χ4v) is 13.1. The molecule has 7 aliphatic rings. The van der Waals surface area contributed by atoms with E-state index in [4.69, 9.17) is 33.6 Å². The van der Waals surface area contributed by atoms with Crippen LogP contribution in [0, 0.1) is 29.1 Å². The summed E-state index contributed by atoms with van der Waals surface area (Å²) in [6.45, 7) is 3.36. The number of rotatable bonds is 7. The molecule has 2 aromatic carbocycles. The first kappa shape index (κ1) is 58.7. The van der Waals surface area contributed by atoms with Crippen molar-refractivity contribution in [2.24, 2.45) is 40.1 Å². The van der Waals surface area contributed by atoms with E-state index in [0.29, 0.717) is 26.2 Å². The van der Waals surface area contributed by atoms with E-state index >= 15 is 0 Å². The van der Waals surface area contributed by atoms with Crippen LogP contribution in [0.2, 0.25) is 5.02 Å². The van der Waals surface area contributed by atoms with Crippen LogP contribution in [0.25, 0.3) is 11.5 Å². The normalized spacial score (nSPS) is 31.1. The SMILES string of the molecule is CN(C)[C@@H]1C(=O)C(C(=O)NCN2CCN(C(=N)N=C(N)N)CC2)=C(O)[C@@]2(O)C(=O)C3=C(O)c4c(O)cccc4[C@@](C)(O)[C@H]3C[C@@H]12.CN(C)[C@@H]1C(=O)C(C(=O)NCO)=C(O)[C@@]2(O)C(=O)C3=C(O)c4c(O)ccc(Cl)c4[C@@](C)(O)C3C[C@@H]12. The lowest BCUT2D eigenvalue weighted by Crippen LogP contribution is -2.67. The number of hydrogen-bond donors (Lipinski definition) is 16. The van der Waals surface area contributed by atoms with Crippen LogP contribution >= 0.6 is 11.6 Å². The zero-order chi connectivity index (χ0) is 59.4. The Morgan fingerprint density at radius 1 is 0.713 bits per heavy atom. The number of phenolic OH excluding ortho intramolecular Hbond substituents is 2. The molecule has 18 N–H and O–H groups in total. The average Bonchev–Trinajstić information content (AvgIpc) is 3.44. The number of halogens is 1. The molecule has 27 nitrogen and oxygen atoms in total. The van der Waals surface area contributed by atoms with Crippen LogP contribution in [0.1, 0.15) is 48.9 Å². The molecule has 3 fully saturated rings. The minimum atomic E-state index is -2.83. The number of likely N-dealkylation sites (N-methyl/N-ethyl adjacent to an activating group) is 2. The van der Waals surface area contributed by atoms with Crippen molar-refractivity contribution in [3.05, 3.63) is 91.4 Å². The van der Waals surface area contributed by atoms with E-state index in [0.717, 1.165) is 6.07 Å². The number of nitrogens with one attached hydrogen (secondary N) is 3. The zero-order valence-electron chi connectivity index (χ0n) is 44.1. The lowest BCUT2D eigenvalue weighted by Gasteiger charge is -2.53. The number of phenols is 2. The molecule has 0 aromatic heterocycles. The number of guanidine groups is 2. The number of nitrogens with zero attached hydrogens (tertiary/aromatic N) is 5. The third kappa shape index (κ3) is 8.74. The molecule has 0 radical (unpaired) electrons. The Hall–Kier alpha value is -7.47. The standard InChI is InChI=1S/C29H38N8O8.C23H25ClN2O9/c1-28(44)13-5-4-6-16(38)17(13)21(39)18-14(28)11-15-20(35(2)3)22(40)19(24(42)29(15,45)23(18)41)25(43)33-12-36-7-9-37(10-8-36)27(32)34-26(30)31;1-22(34)8-6-9-16(26(2)3)18(30)14(21(33)25-7-27)20(32)23(9,35)19(31)12(8)17(29)13-11(28)5-4-10(24)15(13)22/h4-6,14-15,20,38-39,42,44-45H,7-12H2,1-3H3,(H,33,43)(H5,30,31,32,34);4-5,8-9,16,27-29,32,34-35H,6-7H2,1-3H3,(H,25,33)/t14-,15-,20-,28+,29-;8?,9-,16-,22-,23-/m00/s1. The molecular formula is C52H63ClN10O17. The Morgan fingerprint density at radius 2 is 1.18 bits per heavy atom. The van der Waals surface area contributed by atoms with Gasteiger partial charge < -0.3 is 83.2 Å². The van der Waals surface area contributed by atoms with Crippen molar-refractivity contribution in [1.29, 1.82) is 5.41 Å². The van der Waals surface area contributed by atoms with Gasteiger partial charge in [0.05, 0.1) is 41.1 Å². The number of aliphatic hydroxyl groups is 9. The monoisotopic (exact) mass is 1130 g/mol. The van der Waals surface area contributed by atoms with E-state index in [1.54, 1.807) is 4.90 Å². The highest BCUT2D eigenvalue weighted by molar-refractivity contribution is 6.32. The maximum Gasteiger partial charge on any atom is 0.260 e. The minimum absolute atomic E-state index is 0.0104. The van der Waals surface area contributed by atoms with Gasteiger partial charge in [-0.1, -0.05) is 23.7 Å². The lowest BCUT2D eigenvalue weighted by molar-refractivity contribution is -0.160. The Bertz CT molecular complexity index is 3230. The van der Waals surface area contributed by atoms with Crippen LogP contribution in [-0.4, -0.2) is 214 Å². The van der Waals surface area contributed by atoms with Crippen LogP contribution in [0.3, 0.4) is 0 Å². The van der Waals surface area contributed by atoms with Crippen LogP contribution in [-0.2, 0) is 40.0 Å². The van der Waals surface area contributed by atoms with Crippen molar-refractivity contribution >= 4 is 70.0 Å². The second kappa shape index (κ2) is 20.6. The first-order valence-electron chi connectivity index (χ1n) is 25.1. The van der Waals surface area contributed by atoms with E-state index < -0.39 is 157 Å². The predicted octanol–water partition coefficient (Wildman–Crippen LogP) is -2.09. The summed E-state index contributed by atoms with van der Waals surface area (Å²) in [4.78, 5) is 91.1. The number of aliphatic hydroxyl groups excluding tert-OH is 5. The molecule has 2 aromatic rings. The molecule has 2 amide bonds. The van der Waals surface area contributed by atoms with Gasteiger partial charge in [0.15, 0.2) is 28.7 Å². The van der Waals surface area contributed by atoms with Gasteiger partial charge in [-0.3, -0.25) is 48.9 Å². The van der Waals surface area contributed by atoms with Gasteiger partial charge >= 0.3 is 0 Å². The first-order chi connectivity index (χ1) is 37.2. The Morgan fingerprint density at radius 3 is 1.65 bits per heavy atom. The summed E-state index contributed by atoms with van der Waals surface area (Å²) in [5.41, 5.74) is -1.67. The molecule has 10 atom stereocenters. The number of carbonyl (C=O) groups is 6. The van der Waals surface area contributed by atoms with Crippen molar-refractivity contribution in [3.63, 3.8) is 0 Å². The largest absolute Gasteiger partial charge is 0.508 e. The lowest BCUT2D eigenvalue weighted by atomic mass is 9.54. The van der Waals surface area contributed by atoms with Gasteiger partial charge in [-0.05, 0) is 78.6 Å². The Balaban J connectivity index is 0.000000217. The number of fused-ring (bicyclic) bond motifs is 6. The van der Waals surface area contributed by atoms with E-state index in [2.05, 4.69) is 10.3 Å². The summed E-state index contributed by atoms with van der Waals surface area (Å²) in [6, 6.07) is 4.17. The van der Waals surface area contributed by atoms with Crippen LogP contribution < -0.4 is 22.1 Å². The van der Waals surface area contributed by atoms with Crippen LogP contribution in [0.4, 0.5) is 0 Å². The van der Waals surface area contributed by atoms with Gasteiger partial charge in [-0.2, -0.15) is 4.99 Å². The average molecular weight is 1140 g/mol. The summed E-state index contributed by atoms with van der Waals surface area (Å²) in [7, 11) is 6.01. The summed E-state index contributed by atoms with van der Waals surface area (Å²) in [5.74, 6) is -16.3. The van der Waals surface area contributed by atoms with E-state index in [1.807, 2.05) is 10.2 Å². The molecule has 6 aliphatic carbocycles. The summed E-state index contributed by atoms with van der Waals surface area (Å²) in [5, 5.41) is 134. The van der Waals surface area contributed by atoms with Crippen LogP contribution in [0.15, 0.2) is 69.1 Å². The van der Waals surface area contributed by atoms with Crippen molar-refractivity contribution in [2.45, 2.75) is 61.2 Å². The van der Waals surface area contributed by atoms with Gasteiger partial charge in [0.2, 0.25) is 17.5 Å². The molecule has 80 heavy (non-hydrogen) atoms. The highest BCUT2D eigenvalue weighted by Crippen LogP contribution is 2.60. The molecule has 1 unspecified atom stereocenters. The molecule has 2 saturated carbocycles. The molecule has 1 saturated heterocycles. The molecule has 28 heteroatoms. The molecule has 0 spiro atoms. The maximum absolute atomic E-state index is 14.2. The van der Waals surface area contributed by atoms with Crippen LogP contribution in [0.5, 0.6) is 11.5 Å². The minimum Gasteiger partial charge on any atom is -0.508 e. The van der Waals surface area contributed by atoms with E-state index in [1.165, 1.54) is 76.1 Å². The zero-order valence-corrected chi connectivity index (χ0v) is 44.9. The van der Waals surface area contributed by atoms with Gasteiger partial charge in [-0.25, -0.2) is 0 Å². The molecule has 9 rings (SSSR count). The molecular weight excluding hydrogens is 1070 g/mol. The third-order valence-electron chi connectivity index (χ3n) is 16.7. The first-order valence-corrected chi connectivity index (χ1v) is 25.4. The fourth-order valence-electron chi connectivity index (χ4n) is 12.8. The number of benzene rings is 2. The second-order valence-electron chi connectivity index (χ2n) is 21.6. The van der Waals surface area contributed by atoms with Gasteiger partial charge in [0.25, 0.3) is 11.8 Å². The molecule has 1 aliphatic heterocycles. The van der Waals surface area contributed by atoms with Crippen molar-refractivity contribution in [2.75, 3.05) is 67.8 Å². The highest BCUT2D eigenvalue weighted by Gasteiger charge is 2.68. The van der Waals surface area contributed by atoms with Crippen molar-refractivity contribution in [3.8, 4) is 11.5 Å². The topological polar surface area (TPSA) is 450 Å². The van der Waals surface area contributed by atoms with Crippen molar-refractivity contribution in [1.82, 2.24) is 30.2 Å². The quantitative estimate of drug-likeness (QED) is 0.0611. The third-order valence-corrected chi connectivity index (χ3v) is 17.0. The predicted molar refractivity (Wildman–Crippen MR) is 282 cm³/mol. The van der Waals surface area contributed by atoms with Gasteiger partial charge in [-0.15, -0.1) is 0 Å². The number of aliphatic imine (C=N–C) groups is 1.